The van der Waals surface area contributed by atoms with Crippen LogP contribution in [0, 0.1) is 6.92 Å². The highest BCUT2D eigenvalue weighted by Crippen LogP contribution is 2.20. The highest BCUT2D eigenvalue weighted by molar-refractivity contribution is 7.89. The molecule has 0 radical (unpaired) electrons. The van der Waals surface area contributed by atoms with Crippen molar-refractivity contribution in [1.29, 1.82) is 0 Å². The zero-order valence-electron chi connectivity index (χ0n) is 14.9. The van der Waals surface area contributed by atoms with Gasteiger partial charge >= 0.3 is 0 Å². The Morgan fingerprint density at radius 1 is 1.16 bits per heavy atom. The van der Waals surface area contributed by atoms with Gasteiger partial charge in [-0.25, -0.2) is 8.42 Å². The molecule has 1 N–H and O–H groups in total. The van der Waals surface area contributed by atoms with Crippen molar-refractivity contribution in [2.75, 3.05) is 18.4 Å². The number of sulfonamides is 1. The summed E-state index contributed by atoms with van der Waals surface area (Å²) in [4.78, 5) is 12.6. The third kappa shape index (κ3) is 3.91. The molecule has 25 heavy (non-hydrogen) atoms. The molecule has 1 heterocycles. The van der Waals surface area contributed by atoms with Crippen LogP contribution in [0.2, 0.25) is 0 Å². The Morgan fingerprint density at radius 2 is 1.76 bits per heavy atom. The second-order valence-electron chi connectivity index (χ2n) is 5.48. The van der Waals surface area contributed by atoms with Crippen molar-refractivity contribution in [2.24, 2.45) is 0 Å². The first kappa shape index (κ1) is 19.1. The van der Waals surface area contributed by atoms with E-state index in [4.69, 9.17) is 4.52 Å². The second-order valence-corrected chi connectivity index (χ2v) is 7.42. The molecule has 1 aromatic carbocycles. The van der Waals surface area contributed by atoms with E-state index in [1.807, 2.05) is 6.92 Å². The van der Waals surface area contributed by atoms with Crippen molar-refractivity contribution in [3.63, 3.8) is 0 Å². The number of nitrogens with zero attached hydrogens (tertiary/aromatic N) is 2. The van der Waals surface area contributed by atoms with Crippen molar-refractivity contribution in [1.82, 2.24) is 9.46 Å². The molecule has 2 rings (SSSR count). The highest BCUT2D eigenvalue weighted by Gasteiger charge is 2.22. The van der Waals surface area contributed by atoms with Gasteiger partial charge in [0, 0.05) is 18.8 Å². The van der Waals surface area contributed by atoms with Gasteiger partial charge in [-0.05, 0) is 37.6 Å². The third-order valence-corrected chi connectivity index (χ3v) is 6.01. The van der Waals surface area contributed by atoms with Gasteiger partial charge in [0.25, 0.3) is 5.91 Å². The number of rotatable bonds is 7. The Hall–Kier alpha value is -2.19. The molecule has 0 unspecified atom stereocenters. The quantitative estimate of drug-likeness (QED) is 0.814. The summed E-state index contributed by atoms with van der Waals surface area (Å²) in [5.41, 5.74) is 1.52. The van der Waals surface area contributed by atoms with Crippen molar-refractivity contribution >= 4 is 21.6 Å². The standard InChI is InChI=1S/C17H23N3O4S/c1-5-15-16(12(4)24-19-15)17(21)18-13-8-10-14(11-9-13)25(22,23)20(6-2)7-3/h8-11H,5-7H2,1-4H3,(H,18,21). The number of nitrogens with one attached hydrogen (secondary N) is 1. The minimum absolute atomic E-state index is 0.199. The summed E-state index contributed by atoms with van der Waals surface area (Å²) in [5.74, 6) is 0.130. The summed E-state index contributed by atoms with van der Waals surface area (Å²) >= 11 is 0. The molecule has 0 saturated carbocycles. The average Bonchev–Trinajstić information content (AvgIpc) is 2.97. The first-order chi connectivity index (χ1) is 11.8. The molecule has 8 heteroatoms. The number of hydrogen-bond acceptors (Lipinski definition) is 5. The third-order valence-electron chi connectivity index (χ3n) is 3.95. The monoisotopic (exact) mass is 365 g/mol. The molecule has 1 amide bonds. The Bertz CT molecular complexity index is 837. The summed E-state index contributed by atoms with van der Waals surface area (Å²) in [6, 6.07) is 6.13. The molecule has 2 aromatic rings. The molecule has 136 valence electrons. The SMILES string of the molecule is CCc1noc(C)c1C(=O)Nc1ccc(S(=O)(=O)N(CC)CC)cc1. The van der Waals surface area contributed by atoms with E-state index in [-0.39, 0.29) is 10.8 Å². The molecule has 1 aromatic heterocycles. The summed E-state index contributed by atoms with van der Waals surface area (Å²) < 4.78 is 31.4. The Labute approximate surface area is 148 Å². The number of amides is 1. The fraction of sp³-hybridized carbons (Fsp3) is 0.412. The molecule has 0 atom stereocenters. The number of hydrogen-bond donors (Lipinski definition) is 1. The van der Waals surface area contributed by atoms with E-state index in [0.29, 0.717) is 42.2 Å². The minimum atomic E-state index is -3.51. The molecular formula is C17H23N3O4S. The second kappa shape index (κ2) is 7.79. The van der Waals surface area contributed by atoms with Crippen LogP contribution in [-0.4, -0.2) is 36.9 Å². The van der Waals surface area contributed by atoms with E-state index in [2.05, 4.69) is 10.5 Å². The van der Waals surface area contributed by atoms with E-state index in [9.17, 15) is 13.2 Å². The lowest BCUT2D eigenvalue weighted by Crippen LogP contribution is -2.30. The molecule has 0 fully saturated rings. The van der Waals surface area contributed by atoms with Crippen molar-refractivity contribution < 1.29 is 17.7 Å². The van der Waals surface area contributed by atoms with Crippen LogP contribution in [0.15, 0.2) is 33.7 Å². The average molecular weight is 365 g/mol. The predicted octanol–water partition coefficient (Wildman–Crippen LogP) is 2.83. The van der Waals surface area contributed by atoms with Crippen LogP contribution in [0.25, 0.3) is 0 Å². The van der Waals surface area contributed by atoms with E-state index in [0.717, 1.165) is 0 Å². The van der Waals surface area contributed by atoms with Gasteiger partial charge in [-0.3, -0.25) is 4.79 Å². The molecule has 0 spiro atoms. The Kier molecular flexibility index (Phi) is 5.97. The van der Waals surface area contributed by atoms with Crippen LogP contribution < -0.4 is 5.32 Å². The van der Waals surface area contributed by atoms with Gasteiger partial charge in [0.05, 0.1) is 10.6 Å². The lowest BCUT2D eigenvalue weighted by Gasteiger charge is -2.18. The number of aryl methyl sites for hydroxylation is 2. The van der Waals surface area contributed by atoms with Gasteiger partial charge in [0.1, 0.15) is 11.3 Å². The maximum absolute atomic E-state index is 12.5. The molecular weight excluding hydrogens is 342 g/mol. The Morgan fingerprint density at radius 3 is 2.28 bits per heavy atom. The summed E-state index contributed by atoms with van der Waals surface area (Å²) in [6.07, 6.45) is 0.584. The van der Waals surface area contributed by atoms with Gasteiger partial charge in [-0.1, -0.05) is 25.9 Å². The van der Waals surface area contributed by atoms with Crippen molar-refractivity contribution in [3.05, 3.63) is 41.3 Å². The summed E-state index contributed by atoms with van der Waals surface area (Å²) in [6.45, 7) is 7.97. The topological polar surface area (TPSA) is 92.5 Å². The van der Waals surface area contributed by atoms with Crippen molar-refractivity contribution in [2.45, 2.75) is 39.0 Å². The molecule has 0 aliphatic rings. The smallest absolute Gasteiger partial charge is 0.261 e. The van der Waals surface area contributed by atoms with E-state index in [1.165, 1.54) is 16.4 Å². The molecule has 0 saturated heterocycles. The van der Waals surface area contributed by atoms with E-state index < -0.39 is 10.0 Å². The van der Waals surface area contributed by atoms with Crippen LogP contribution >= 0.6 is 0 Å². The van der Waals surface area contributed by atoms with Gasteiger partial charge in [-0.2, -0.15) is 4.31 Å². The molecule has 0 aliphatic heterocycles. The largest absolute Gasteiger partial charge is 0.361 e. The van der Waals surface area contributed by atoms with Crippen LogP contribution in [0.3, 0.4) is 0 Å². The predicted molar refractivity (Wildman–Crippen MR) is 95.1 cm³/mol. The van der Waals surface area contributed by atoms with Crippen LogP contribution in [-0.2, 0) is 16.4 Å². The maximum Gasteiger partial charge on any atom is 0.261 e. The maximum atomic E-state index is 12.5. The lowest BCUT2D eigenvalue weighted by molar-refractivity contribution is 0.102. The van der Waals surface area contributed by atoms with Crippen LogP contribution in [0.1, 0.15) is 42.6 Å². The van der Waals surface area contributed by atoms with Gasteiger partial charge in [0.2, 0.25) is 10.0 Å². The number of carbonyl (C=O) groups is 1. The highest BCUT2D eigenvalue weighted by atomic mass is 32.2. The zero-order valence-corrected chi connectivity index (χ0v) is 15.7. The first-order valence-electron chi connectivity index (χ1n) is 8.21. The molecule has 0 bridgehead atoms. The van der Waals surface area contributed by atoms with Crippen LogP contribution in [0.5, 0.6) is 0 Å². The van der Waals surface area contributed by atoms with Crippen molar-refractivity contribution in [3.8, 4) is 0 Å². The summed E-state index contributed by atoms with van der Waals surface area (Å²) in [7, 11) is -3.51. The van der Waals surface area contributed by atoms with Crippen LogP contribution in [0.4, 0.5) is 5.69 Å². The van der Waals surface area contributed by atoms with Gasteiger partial charge < -0.3 is 9.84 Å². The number of carbonyl (C=O) groups excluding carboxylic acids is 1. The normalized spacial score (nSPS) is 11.7. The van der Waals surface area contributed by atoms with E-state index in [1.54, 1.807) is 32.9 Å². The molecule has 0 aliphatic carbocycles. The summed E-state index contributed by atoms with van der Waals surface area (Å²) in [5, 5.41) is 6.61. The Balaban J connectivity index is 2.21. The fourth-order valence-electron chi connectivity index (χ4n) is 2.57. The molecule has 7 nitrogen and oxygen atoms in total. The lowest BCUT2D eigenvalue weighted by atomic mass is 10.1. The van der Waals surface area contributed by atoms with Gasteiger partial charge in [-0.15, -0.1) is 0 Å². The van der Waals surface area contributed by atoms with E-state index >= 15 is 0 Å². The number of benzene rings is 1. The zero-order chi connectivity index (χ0) is 18.6. The fourth-order valence-corrected chi connectivity index (χ4v) is 4.02. The number of anilines is 1. The first-order valence-corrected chi connectivity index (χ1v) is 9.65. The minimum Gasteiger partial charge on any atom is -0.361 e. The number of aromatic nitrogens is 1. The van der Waals surface area contributed by atoms with Gasteiger partial charge in [0.15, 0.2) is 0 Å².